The quantitative estimate of drug-likeness (QED) is 0.518. The van der Waals surface area contributed by atoms with Crippen LogP contribution in [0.25, 0.3) is 0 Å². The van der Waals surface area contributed by atoms with Crippen molar-refractivity contribution >= 4 is 35.0 Å². The highest BCUT2D eigenvalue weighted by Gasteiger charge is 2.19. The van der Waals surface area contributed by atoms with Crippen molar-refractivity contribution in [3.8, 4) is 11.5 Å². The molecule has 0 unspecified atom stereocenters. The third kappa shape index (κ3) is 3.43. The van der Waals surface area contributed by atoms with E-state index in [9.17, 15) is 4.79 Å². The van der Waals surface area contributed by atoms with Crippen LogP contribution < -0.4 is 10.5 Å². The van der Waals surface area contributed by atoms with Gasteiger partial charge in [0.25, 0.3) is 0 Å². The average Bonchev–Trinajstić information content (AvgIpc) is 2.49. The summed E-state index contributed by atoms with van der Waals surface area (Å²) < 4.78 is 10.6. The molecule has 0 aliphatic carbocycles. The normalized spacial score (nSPS) is 10.2. The van der Waals surface area contributed by atoms with E-state index in [4.69, 9.17) is 26.8 Å². The van der Waals surface area contributed by atoms with Crippen molar-refractivity contribution in [1.82, 2.24) is 0 Å². The second-order valence-corrected chi connectivity index (χ2v) is 5.38. The Kier molecular flexibility index (Phi) is 4.98. The van der Waals surface area contributed by atoms with Gasteiger partial charge >= 0.3 is 5.97 Å². The lowest BCUT2D eigenvalue weighted by Crippen LogP contribution is -2.05. The fraction of sp³-hybridized carbons (Fsp3) is 0.133. The fourth-order valence-electron chi connectivity index (χ4n) is 1.79. The molecule has 0 saturated carbocycles. The molecular weight excluding hydrogens is 310 g/mol. The molecule has 0 aliphatic heterocycles. The van der Waals surface area contributed by atoms with E-state index in [2.05, 4.69) is 0 Å². The number of anilines is 1. The van der Waals surface area contributed by atoms with E-state index >= 15 is 0 Å². The van der Waals surface area contributed by atoms with Crippen molar-refractivity contribution in [2.24, 2.45) is 0 Å². The number of para-hydroxylation sites is 1. The molecule has 0 heterocycles. The minimum absolute atomic E-state index is 0.193. The number of carbonyl (C=O) groups excluding carboxylic acids is 1. The van der Waals surface area contributed by atoms with Gasteiger partial charge in [-0.1, -0.05) is 23.7 Å². The van der Waals surface area contributed by atoms with Gasteiger partial charge in [-0.05, 0) is 30.5 Å². The number of hydrogen-bond acceptors (Lipinski definition) is 5. The van der Waals surface area contributed by atoms with Crippen LogP contribution in [0.15, 0.2) is 41.3 Å². The van der Waals surface area contributed by atoms with E-state index in [0.29, 0.717) is 11.4 Å². The molecular formula is C15H14ClNO3S. The number of rotatable bonds is 4. The first-order chi connectivity index (χ1) is 10.1. The highest BCUT2D eigenvalue weighted by molar-refractivity contribution is 7.98. The van der Waals surface area contributed by atoms with Gasteiger partial charge in [0, 0.05) is 10.6 Å². The maximum absolute atomic E-state index is 11.9. The summed E-state index contributed by atoms with van der Waals surface area (Å²) in [7, 11) is 1.29. The molecule has 0 radical (unpaired) electrons. The van der Waals surface area contributed by atoms with Gasteiger partial charge in [-0.15, -0.1) is 11.8 Å². The second kappa shape index (κ2) is 6.74. The Morgan fingerprint density at radius 1 is 1.29 bits per heavy atom. The fourth-order valence-corrected chi connectivity index (χ4v) is 2.58. The van der Waals surface area contributed by atoms with Crippen molar-refractivity contribution in [2.75, 3.05) is 19.1 Å². The van der Waals surface area contributed by atoms with Gasteiger partial charge in [-0.3, -0.25) is 0 Å². The summed E-state index contributed by atoms with van der Waals surface area (Å²) in [5.74, 6) is 0.293. The second-order valence-electron chi connectivity index (χ2n) is 4.12. The number of benzene rings is 2. The lowest BCUT2D eigenvalue weighted by Gasteiger charge is -2.14. The molecule has 2 N–H and O–H groups in total. The minimum Gasteiger partial charge on any atom is -0.465 e. The Balaban J connectivity index is 2.50. The van der Waals surface area contributed by atoms with Gasteiger partial charge in [0.1, 0.15) is 11.3 Å². The van der Waals surface area contributed by atoms with Gasteiger partial charge in [0.15, 0.2) is 5.75 Å². The van der Waals surface area contributed by atoms with E-state index in [1.165, 1.54) is 31.0 Å². The number of esters is 1. The number of thioether (sulfide) groups is 1. The van der Waals surface area contributed by atoms with Crippen LogP contribution in [0.2, 0.25) is 5.02 Å². The Labute approximate surface area is 132 Å². The maximum atomic E-state index is 11.9. The smallest absolute Gasteiger partial charge is 0.341 e. The molecule has 0 aliphatic rings. The molecule has 4 nitrogen and oxygen atoms in total. The molecule has 0 saturated heterocycles. The molecule has 2 rings (SSSR count). The number of carbonyl (C=O) groups is 1. The largest absolute Gasteiger partial charge is 0.465 e. The van der Waals surface area contributed by atoms with Gasteiger partial charge in [-0.2, -0.15) is 0 Å². The van der Waals surface area contributed by atoms with Crippen LogP contribution in [0.4, 0.5) is 5.69 Å². The lowest BCUT2D eigenvalue weighted by atomic mass is 10.1. The highest BCUT2D eigenvalue weighted by atomic mass is 35.5. The summed E-state index contributed by atoms with van der Waals surface area (Å²) in [5.41, 5.74) is 6.28. The number of ether oxygens (including phenoxy) is 2. The maximum Gasteiger partial charge on any atom is 0.341 e. The van der Waals surface area contributed by atoms with Gasteiger partial charge in [0.2, 0.25) is 0 Å². The van der Waals surface area contributed by atoms with Crippen LogP contribution in [0.3, 0.4) is 0 Å². The van der Waals surface area contributed by atoms with Crippen LogP contribution in [0.5, 0.6) is 11.5 Å². The average molecular weight is 324 g/mol. The molecule has 0 aromatic heterocycles. The molecule has 0 bridgehead atoms. The van der Waals surface area contributed by atoms with E-state index < -0.39 is 5.97 Å². The van der Waals surface area contributed by atoms with Gasteiger partial charge in [-0.25, -0.2) is 4.79 Å². The summed E-state index contributed by atoms with van der Waals surface area (Å²) in [4.78, 5) is 12.8. The van der Waals surface area contributed by atoms with Crippen molar-refractivity contribution in [1.29, 1.82) is 0 Å². The number of methoxy groups -OCH3 is 1. The first-order valence-corrected chi connectivity index (χ1v) is 7.65. The van der Waals surface area contributed by atoms with Crippen molar-refractivity contribution in [3.63, 3.8) is 0 Å². The summed E-state index contributed by atoms with van der Waals surface area (Å²) in [6.45, 7) is 0. The molecule has 0 atom stereocenters. The molecule has 2 aromatic carbocycles. The predicted molar refractivity (Wildman–Crippen MR) is 85.5 cm³/mol. The monoisotopic (exact) mass is 323 g/mol. The Morgan fingerprint density at radius 2 is 2.00 bits per heavy atom. The molecule has 0 fully saturated rings. The number of nitrogen functional groups attached to an aromatic ring is 1. The number of nitrogens with two attached hydrogens (primary N) is 1. The zero-order chi connectivity index (χ0) is 15.4. The van der Waals surface area contributed by atoms with Crippen LogP contribution in [0.1, 0.15) is 10.4 Å². The highest BCUT2D eigenvalue weighted by Crippen LogP contribution is 2.38. The minimum atomic E-state index is -0.555. The third-order valence-corrected chi connectivity index (χ3v) is 3.81. The third-order valence-electron chi connectivity index (χ3n) is 2.75. The summed E-state index contributed by atoms with van der Waals surface area (Å²) in [6.07, 6.45) is 1.94. The Hall–Kier alpha value is -1.85. The SMILES string of the molecule is COC(=O)c1cc(N)cc(Cl)c1Oc1ccccc1SC. The zero-order valence-electron chi connectivity index (χ0n) is 11.6. The standard InChI is InChI=1S/C15H14ClNO3S/c1-19-15(18)10-7-9(17)8-11(16)14(10)20-12-5-3-4-6-13(12)21-2/h3-8H,17H2,1-2H3. The number of hydrogen-bond donors (Lipinski definition) is 1. The van der Waals surface area contributed by atoms with Crippen LogP contribution >= 0.6 is 23.4 Å². The molecule has 21 heavy (non-hydrogen) atoms. The zero-order valence-corrected chi connectivity index (χ0v) is 13.1. The van der Waals surface area contributed by atoms with E-state index in [1.807, 2.05) is 24.5 Å². The molecule has 0 amide bonds. The van der Waals surface area contributed by atoms with E-state index in [-0.39, 0.29) is 16.3 Å². The summed E-state index contributed by atoms with van der Waals surface area (Å²) in [6, 6.07) is 10.5. The summed E-state index contributed by atoms with van der Waals surface area (Å²) >= 11 is 7.70. The first-order valence-electron chi connectivity index (χ1n) is 6.05. The van der Waals surface area contributed by atoms with E-state index in [0.717, 1.165) is 4.90 Å². The lowest BCUT2D eigenvalue weighted by molar-refractivity contribution is 0.0598. The Bertz CT molecular complexity index is 676. The van der Waals surface area contributed by atoms with Crippen molar-refractivity contribution < 1.29 is 14.3 Å². The topological polar surface area (TPSA) is 61.5 Å². The number of halogens is 1. The first kappa shape index (κ1) is 15.5. The van der Waals surface area contributed by atoms with Gasteiger partial charge in [0.05, 0.1) is 12.1 Å². The molecule has 6 heteroatoms. The molecule has 110 valence electrons. The predicted octanol–water partition coefficient (Wildman–Crippen LogP) is 4.22. The molecule has 2 aromatic rings. The van der Waals surface area contributed by atoms with E-state index in [1.54, 1.807) is 6.07 Å². The Morgan fingerprint density at radius 3 is 2.67 bits per heavy atom. The van der Waals surface area contributed by atoms with Crippen molar-refractivity contribution in [3.05, 3.63) is 47.0 Å². The van der Waals surface area contributed by atoms with Gasteiger partial charge < -0.3 is 15.2 Å². The molecule has 0 spiro atoms. The van der Waals surface area contributed by atoms with Crippen LogP contribution in [0, 0.1) is 0 Å². The van der Waals surface area contributed by atoms with Crippen LogP contribution in [-0.4, -0.2) is 19.3 Å². The van der Waals surface area contributed by atoms with Crippen molar-refractivity contribution in [2.45, 2.75) is 4.90 Å². The summed E-state index contributed by atoms with van der Waals surface area (Å²) in [5, 5.41) is 0.256. The van der Waals surface area contributed by atoms with Crippen LogP contribution in [-0.2, 0) is 4.74 Å².